The van der Waals surface area contributed by atoms with E-state index in [1.54, 1.807) is 30.5 Å². The lowest BCUT2D eigenvalue weighted by Gasteiger charge is -2.28. The summed E-state index contributed by atoms with van der Waals surface area (Å²) in [6.45, 7) is 3.14. The SMILES string of the molecule is O=C(Nc1ccc(N2CCOCC2)cn1)c1ccc(Br)cc1Cl. The topological polar surface area (TPSA) is 54.5 Å². The van der Waals surface area contributed by atoms with Crippen LogP contribution in [0.3, 0.4) is 0 Å². The number of halogens is 2. The molecule has 1 aliphatic rings. The van der Waals surface area contributed by atoms with Gasteiger partial charge in [-0.2, -0.15) is 0 Å². The van der Waals surface area contributed by atoms with E-state index >= 15 is 0 Å². The highest BCUT2D eigenvalue weighted by atomic mass is 79.9. The van der Waals surface area contributed by atoms with Crippen LogP contribution in [0.25, 0.3) is 0 Å². The van der Waals surface area contributed by atoms with Crippen molar-refractivity contribution in [1.82, 2.24) is 4.98 Å². The van der Waals surface area contributed by atoms with E-state index in [0.29, 0.717) is 16.4 Å². The molecule has 5 nitrogen and oxygen atoms in total. The first-order valence-electron chi connectivity index (χ1n) is 7.18. The summed E-state index contributed by atoms with van der Waals surface area (Å²) in [5.74, 6) is 0.208. The van der Waals surface area contributed by atoms with E-state index in [2.05, 4.69) is 31.1 Å². The van der Waals surface area contributed by atoms with Gasteiger partial charge in [-0.05, 0) is 30.3 Å². The maximum Gasteiger partial charge on any atom is 0.258 e. The summed E-state index contributed by atoms with van der Waals surface area (Å²) in [7, 11) is 0. The van der Waals surface area contributed by atoms with Crippen LogP contribution in [0.2, 0.25) is 5.02 Å². The molecule has 0 bridgehead atoms. The first-order chi connectivity index (χ1) is 11.1. The predicted octanol–water partition coefficient (Wildman–Crippen LogP) is 3.59. The first-order valence-corrected chi connectivity index (χ1v) is 8.36. The number of hydrogen-bond acceptors (Lipinski definition) is 4. The van der Waals surface area contributed by atoms with Crippen LogP contribution >= 0.6 is 27.5 Å². The van der Waals surface area contributed by atoms with Crippen molar-refractivity contribution in [3.05, 3.63) is 51.6 Å². The van der Waals surface area contributed by atoms with Crippen LogP contribution in [0.15, 0.2) is 41.0 Å². The zero-order valence-corrected chi connectivity index (χ0v) is 14.6. The second-order valence-electron chi connectivity index (χ2n) is 5.08. The fourth-order valence-electron chi connectivity index (χ4n) is 2.33. The summed E-state index contributed by atoms with van der Waals surface area (Å²) in [5.41, 5.74) is 1.43. The molecule has 0 unspecified atom stereocenters. The van der Waals surface area contributed by atoms with Crippen molar-refractivity contribution >= 4 is 44.9 Å². The number of hydrogen-bond donors (Lipinski definition) is 1. The minimum absolute atomic E-state index is 0.283. The fourth-order valence-corrected chi connectivity index (χ4v) is 3.09. The third-order valence-corrected chi connectivity index (χ3v) is 4.35. The molecule has 1 amide bonds. The molecule has 3 rings (SSSR count). The molecule has 2 heterocycles. The second kappa shape index (κ2) is 7.29. The number of nitrogens with one attached hydrogen (secondary N) is 1. The summed E-state index contributed by atoms with van der Waals surface area (Å²) < 4.78 is 6.16. The van der Waals surface area contributed by atoms with Crippen LogP contribution < -0.4 is 10.2 Å². The molecule has 0 saturated carbocycles. The van der Waals surface area contributed by atoms with Crippen LogP contribution in [0.1, 0.15) is 10.4 Å². The van der Waals surface area contributed by atoms with Gasteiger partial charge in [-0.1, -0.05) is 27.5 Å². The normalized spacial score (nSPS) is 14.6. The zero-order chi connectivity index (χ0) is 16.2. The van der Waals surface area contributed by atoms with Crippen molar-refractivity contribution in [2.24, 2.45) is 0 Å². The Hall–Kier alpha value is -1.63. The number of pyridine rings is 1. The number of anilines is 2. The van der Waals surface area contributed by atoms with E-state index in [0.717, 1.165) is 36.5 Å². The number of amides is 1. The van der Waals surface area contributed by atoms with Crippen LogP contribution in [-0.2, 0) is 4.74 Å². The molecule has 1 aromatic heterocycles. The molecule has 0 spiro atoms. The number of nitrogens with zero attached hydrogens (tertiary/aromatic N) is 2. The maximum atomic E-state index is 12.3. The van der Waals surface area contributed by atoms with Gasteiger partial charge in [-0.15, -0.1) is 0 Å². The van der Waals surface area contributed by atoms with E-state index in [4.69, 9.17) is 16.3 Å². The number of benzene rings is 1. The summed E-state index contributed by atoms with van der Waals surface area (Å²) in [5, 5.41) is 3.15. The summed E-state index contributed by atoms with van der Waals surface area (Å²) in [6.07, 6.45) is 1.75. The van der Waals surface area contributed by atoms with E-state index < -0.39 is 0 Å². The molecule has 1 aromatic carbocycles. The van der Waals surface area contributed by atoms with Gasteiger partial charge in [0.05, 0.1) is 35.7 Å². The fraction of sp³-hybridized carbons (Fsp3) is 0.250. The van der Waals surface area contributed by atoms with Crippen molar-refractivity contribution in [1.29, 1.82) is 0 Å². The van der Waals surface area contributed by atoms with Crippen LogP contribution in [0.5, 0.6) is 0 Å². The van der Waals surface area contributed by atoms with Gasteiger partial charge >= 0.3 is 0 Å². The van der Waals surface area contributed by atoms with Gasteiger partial charge in [-0.25, -0.2) is 4.98 Å². The van der Waals surface area contributed by atoms with Gasteiger partial charge in [0.25, 0.3) is 5.91 Å². The Labute approximate surface area is 147 Å². The quantitative estimate of drug-likeness (QED) is 0.861. The number of carbonyl (C=O) groups excluding carboxylic acids is 1. The monoisotopic (exact) mass is 395 g/mol. The van der Waals surface area contributed by atoms with E-state index in [9.17, 15) is 4.79 Å². The van der Waals surface area contributed by atoms with Gasteiger partial charge in [0.2, 0.25) is 0 Å². The number of ether oxygens (including phenoxy) is 1. The molecular weight excluding hydrogens is 382 g/mol. The van der Waals surface area contributed by atoms with Crippen molar-refractivity contribution in [2.75, 3.05) is 36.5 Å². The molecule has 1 fully saturated rings. The lowest BCUT2D eigenvalue weighted by Crippen LogP contribution is -2.36. The van der Waals surface area contributed by atoms with Gasteiger partial charge in [0, 0.05) is 17.6 Å². The van der Waals surface area contributed by atoms with Crippen molar-refractivity contribution < 1.29 is 9.53 Å². The largest absolute Gasteiger partial charge is 0.378 e. The van der Waals surface area contributed by atoms with E-state index in [-0.39, 0.29) is 5.91 Å². The molecule has 2 aromatic rings. The van der Waals surface area contributed by atoms with Gasteiger partial charge in [0.15, 0.2) is 0 Å². The molecule has 1 saturated heterocycles. The number of morpholine rings is 1. The first kappa shape index (κ1) is 16.2. The average molecular weight is 397 g/mol. The Morgan fingerprint density at radius 2 is 2.04 bits per heavy atom. The Bertz CT molecular complexity index is 703. The molecule has 120 valence electrons. The van der Waals surface area contributed by atoms with Crippen molar-refractivity contribution in [3.63, 3.8) is 0 Å². The number of carbonyl (C=O) groups is 1. The van der Waals surface area contributed by atoms with Gasteiger partial charge in [-0.3, -0.25) is 4.79 Å². The molecule has 0 atom stereocenters. The molecule has 1 N–H and O–H groups in total. The van der Waals surface area contributed by atoms with E-state index in [1.807, 2.05) is 6.07 Å². The summed E-state index contributed by atoms with van der Waals surface area (Å²) in [6, 6.07) is 8.86. The lowest BCUT2D eigenvalue weighted by molar-refractivity contribution is 0.102. The summed E-state index contributed by atoms with van der Waals surface area (Å²) in [4.78, 5) is 18.8. The smallest absolute Gasteiger partial charge is 0.258 e. The standard InChI is InChI=1S/C16H15BrClN3O2/c17-11-1-3-13(14(18)9-11)16(22)20-15-4-2-12(10-19-15)21-5-7-23-8-6-21/h1-4,9-10H,5-8H2,(H,19,20,22). The van der Waals surface area contributed by atoms with Crippen LogP contribution in [-0.4, -0.2) is 37.2 Å². The average Bonchev–Trinajstić information content (AvgIpc) is 2.56. The molecule has 0 radical (unpaired) electrons. The van der Waals surface area contributed by atoms with Crippen molar-refractivity contribution in [3.8, 4) is 0 Å². The molecule has 1 aliphatic heterocycles. The van der Waals surface area contributed by atoms with Gasteiger partial charge in [0.1, 0.15) is 5.82 Å². The maximum absolute atomic E-state index is 12.3. The molecular formula is C16H15BrClN3O2. The Morgan fingerprint density at radius 3 is 2.70 bits per heavy atom. The van der Waals surface area contributed by atoms with Crippen LogP contribution in [0, 0.1) is 0 Å². The molecule has 0 aliphatic carbocycles. The predicted molar refractivity (Wildman–Crippen MR) is 94.4 cm³/mol. The number of aromatic nitrogens is 1. The Kier molecular flexibility index (Phi) is 5.15. The third kappa shape index (κ3) is 4.02. The minimum atomic E-state index is -0.283. The van der Waals surface area contributed by atoms with Crippen LogP contribution in [0.4, 0.5) is 11.5 Å². The van der Waals surface area contributed by atoms with E-state index in [1.165, 1.54) is 0 Å². The second-order valence-corrected chi connectivity index (χ2v) is 6.40. The van der Waals surface area contributed by atoms with Gasteiger partial charge < -0.3 is 15.0 Å². The highest BCUT2D eigenvalue weighted by molar-refractivity contribution is 9.10. The lowest BCUT2D eigenvalue weighted by atomic mass is 10.2. The number of rotatable bonds is 3. The molecule has 7 heteroatoms. The Morgan fingerprint density at radius 1 is 1.26 bits per heavy atom. The highest BCUT2D eigenvalue weighted by Gasteiger charge is 2.13. The third-order valence-electron chi connectivity index (χ3n) is 3.54. The zero-order valence-electron chi connectivity index (χ0n) is 12.3. The summed E-state index contributed by atoms with van der Waals surface area (Å²) >= 11 is 9.40. The highest BCUT2D eigenvalue weighted by Crippen LogP contribution is 2.22. The van der Waals surface area contributed by atoms with Crippen molar-refractivity contribution in [2.45, 2.75) is 0 Å². The Balaban J connectivity index is 1.69. The minimum Gasteiger partial charge on any atom is -0.378 e. The molecule has 23 heavy (non-hydrogen) atoms.